The first-order chi connectivity index (χ1) is 21.7. The molecule has 4 aromatic rings. The number of aromatic amines is 2. The average Bonchev–Trinajstić information content (AvgIpc) is 3.72. The zero-order valence-corrected chi connectivity index (χ0v) is 24.4. The standard InChI is InChI=1S/C20H22F2N10O12P2/c21-7-11-5(41-17(7)31-3-25-9-13(31)27-19(23)29-15(9)33)1-39-45(35,36)44-12-6(2-40-46(37,38)43-11)42-18(8(12)22)32-4-26-10-14(32)28-20(24)30-16(10)34/h3-8,11-12,17-18H,1-2H2,(H,35,36)(H,37,38)(H3,23,27,29,33)(H3,24,28,30,34)/t5-,6-,7+,8?,11+,12+,17?,18-/m1/s1. The summed E-state index contributed by atoms with van der Waals surface area (Å²) in [6.07, 6.45) is -13.4. The van der Waals surface area contributed by atoms with Crippen molar-refractivity contribution in [3.05, 3.63) is 33.4 Å². The van der Waals surface area contributed by atoms with Gasteiger partial charge in [-0.05, 0) is 0 Å². The molecule has 10 atom stereocenters. The average molecular weight is 694 g/mol. The summed E-state index contributed by atoms with van der Waals surface area (Å²) in [6.45, 7) is -1.98. The van der Waals surface area contributed by atoms with E-state index in [1.807, 2.05) is 0 Å². The van der Waals surface area contributed by atoms with Gasteiger partial charge in [0.1, 0.15) is 24.4 Å². The van der Waals surface area contributed by atoms with Gasteiger partial charge in [0, 0.05) is 0 Å². The molecule has 0 aliphatic carbocycles. The Labute approximate surface area is 251 Å². The van der Waals surface area contributed by atoms with Gasteiger partial charge in [0.25, 0.3) is 11.1 Å². The van der Waals surface area contributed by atoms with Crippen LogP contribution in [0.25, 0.3) is 22.3 Å². The molecular weight excluding hydrogens is 672 g/mol. The number of ether oxygens (including phenoxy) is 2. The Morgan fingerprint density at radius 2 is 1.17 bits per heavy atom. The number of phosphoric ester groups is 2. The summed E-state index contributed by atoms with van der Waals surface area (Å²) >= 11 is 0. The Kier molecular flexibility index (Phi) is 7.36. The van der Waals surface area contributed by atoms with Gasteiger partial charge in [-0.25, -0.2) is 27.9 Å². The van der Waals surface area contributed by atoms with Gasteiger partial charge >= 0.3 is 15.6 Å². The summed E-state index contributed by atoms with van der Waals surface area (Å²) in [5, 5.41) is 0. The number of phosphoric acid groups is 2. The molecule has 0 amide bonds. The van der Waals surface area contributed by atoms with Crippen LogP contribution in [-0.2, 0) is 36.7 Å². The van der Waals surface area contributed by atoms with Gasteiger partial charge in [-0.15, -0.1) is 0 Å². The SMILES string of the molecule is Nc1nc2c(ncn2C2O[C@@H]3COP(=O)(O)O[C@@H]4C(F)[C@H](n5cnc6c(=O)[nH]c(N)nc65)O[C@@H]4COP(=O)(O)O[C@@H]3[C@@H]2F)c(=O)[nH]1. The van der Waals surface area contributed by atoms with Crippen molar-refractivity contribution in [3.8, 4) is 0 Å². The normalized spacial score (nSPS) is 37.1. The highest BCUT2D eigenvalue weighted by Crippen LogP contribution is 2.54. The van der Waals surface area contributed by atoms with Crippen LogP contribution in [0.3, 0.4) is 0 Å². The molecule has 4 aromatic heterocycles. The number of fused-ring (bicyclic) bond motifs is 4. The second-order valence-electron chi connectivity index (χ2n) is 10.2. The van der Waals surface area contributed by atoms with E-state index in [0.717, 1.165) is 21.8 Å². The van der Waals surface area contributed by atoms with Crippen LogP contribution >= 0.6 is 15.6 Å². The fourth-order valence-electron chi connectivity index (χ4n) is 5.32. The number of hydrogen-bond donors (Lipinski definition) is 6. The van der Waals surface area contributed by atoms with E-state index < -0.39 is 89.2 Å². The second-order valence-corrected chi connectivity index (χ2v) is 13.1. The molecule has 3 aliphatic rings. The summed E-state index contributed by atoms with van der Waals surface area (Å²) in [4.78, 5) is 65.3. The molecule has 46 heavy (non-hydrogen) atoms. The number of nitrogens with zero attached hydrogens (tertiary/aromatic N) is 6. The highest BCUT2D eigenvalue weighted by atomic mass is 31.2. The third-order valence-electron chi connectivity index (χ3n) is 7.30. The van der Waals surface area contributed by atoms with E-state index in [4.69, 9.17) is 39.0 Å². The van der Waals surface area contributed by atoms with Gasteiger partial charge in [-0.2, -0.15) is 9.97 Å². The van der Waals surface area contributed by atoms with Crippen molar-refractivity contribution < 1.29 is 55.3 Å². The van der Waals surface area contributed by atoms with Crippen LogP contribution in [0.15, 0.2) is 22.2 Å². The van der Waals surface area contributed by atoms with Crippen LogP contribution in [0.5, 0.6) is 0 Å². The number of hydrogen-bond acceptors (Lipinski definition) is 16. The third-order valence-corrected chi connectivity index (χ3v) is 9.27. The van der Waals surface area contributed by atoms with Crippen molar-refractivity contribution in [2.75, 3.05) is 24.7 Å². The van der Waals surface area contributed by atoms with E-state index in [1.165, 1.54) is 0 Å². The first-order valence-corrected chi connectivity index (χ1v) is 16.1. The number of rotatable bonds is 2. The molecule has 3 fully saturated rings. The molecule has 248 valence electrons. The first kappa shape index (κ1) is 30.9. The molecule has 3 aliphatic heterocycles. The molecule has 0 saturated carbocycles. The summed E-state index contributed by atoms with van der Waals surface area (Å²) in [6, 6.07) is 0. The van der Waals surface area contributed by atoms with Crippen LogP contribution in [0.4, 0.5) is 20.7 Å². The second kappa shape index (κ2) is 10.9. The Balaban J connectivity index is 1.18. The van der Waals surface area contributed by atoms with Crippen molar-refractivity contribution in [2.24, 2.45) is 0 Å². The monoisotopic (exact) mass is 694 g/mol. The summed E-state index contributed by atoms with van der Waals surface area (Å²) < 4.78 is 91.0. The van der Waals surface area contributed by atoms with E-state index in [9.17, 15) is 28.5 Å². The van der Waals surface area contributed by atoms with E-state index in [-0.39, 0.29) is 34.2 Å². The van der Waals surface area contributed by atoms with Crippen LogP contribution < -0.4 is 22.6 Å². The van der Waals surface area contributed by atoms with Gasteiger partial charge in [0.15, 0.2) is 47.1 Å². The van der Waals surface area contributed by atoms with Crippen LogP contribution in [0.1, 0.15) is 12.5 Å². The number of alkyl halides is 2. The third kappa shape index (κ3) is 5.31. The highest BCUT2D eigenvalue weighted by molar-refractivity contribution is 7.47. The molecule has 0 aromatic carbocycles. The number of nitrogens with two attached hydrogens (primary N) is 2. The lowest BCUT2D eigenvalue weighted by atomic mass is 10.1. The number of nitrogens with one attached hydrogen (secondary N) is 2. The molecule has 26 heteroatoms. The quantitative estimate of drug-likeness (QED) is 0.136. The molecule has 7 heterocycles. The first-order valence-electron chi connectivity index (χ1n) is 13.1. The van der Waals surface area contributed by atoms with Crippen molar-refractivity contribution in [1.29, 1.82) is 0 Å². The predicted molar refractivity (Wildman–Crippen MR) is 144 cm³/mol. The Bertz CT molecular complexity index is 1910. The van der Waals surface area contributed by atoms with E-state index >= 15 is 8.78 Å². The van der Waals surface area contributed by atoms with Crippen molar-refractivity contribution in [2.45, 2.75) is 49.2 Å². The Morgan fingerprint density at radius 3 is 1.57 bits per heavy atom. The predicted octanol–water partition coefficient (Wildman–Crippen LogP) is -1.09. The van der Waals surface area contributed by atoms with Gasteiger partial charge in [-0.3, -0.25) is 46.8 Å². The lowest BCUT2D eigenvalue weighted by molar-refractivity contribution is -0.0662. The molecule has 22 nitrogen and oxygen atoms in total. The lowest BCUT2D eigenvalue weighted by Crippen LogP contribution is -2.37. The largest absolute Gasteiger partial charge is 0.472 e. The molecule has 4 unspecified atom stereocenters. The lowest BCUT2D eigenvalue weighted by Gasteiger charge is -2.27. The Morgan fingerprint density at radius 1 is 0.783 bits per heavy atom. The van der Waals surface area contributed by atoms with Gasteiger partial charge in [0.05, 0.1) is 25.9 Å². The van der Waals surface area contributed by atoms with E-state index in [1.54, 1.807) is 0 Å². The maximum Gasteiger partial charge on any atom is 0.472 e. The summed E-state index contributed by atoms with van der Waals surface area (Å²) in [5.41, 5.74) is 8.77. The van der Waals surface area contributed by atoms with E-state index in [0.29, 0.717) is 0 Å². The number of H-pyrrole nitrogens is 2. The minimum absolute atomic E-state index is 0.214. The molecule has 7 rings (SSSR count). The van der Waals surface area contributed by atoms with Crippen LogP contribution in [0, 0.1) is 0 Å². The molecule has 0 spiro atoms. The number of nitrogen functional groups attached to an aromatic ring is 2. The zero-order chi connectivity index (χ0) is 32.7. The number of imidazole rings is 2. The van der Waals surface area contributed by atoms with Gasteiger partial charge in [0.2, 0.25) is 11.9 Å². The maximum atomic E-state index is 15.9. The number of halogens is 2. The topological polar surface area (TPSA) is 309 Å². The molecule has 8 N–H and O–H groups in total. The fraction of sp³-hybridized carbons (Fsp3) is 0.500. The molecule has 0 radical (unpaired) electrons. The van der Waals surface area contributed by atoms with Gasteiger partial charge in [-0.1, -0.05) is 0 Å². The van der Waals surface area contributed by atoms with Gasteiger partial charge < -0.3 is 30.7 Å². The number of aromatic nitrogens is 8. The van der Waals surface area contributed by atoms with Crippen molar-refractivity contribution in [1.82, 2.24) is 39.0 Å². The minimum Gasteiger partial charge on any atom is -0.369 e. The fourth-order valence-corrected chi connectivity index (χ4v) is 7.23. The van der Waals surface area contributed by atoms with E-state index in [2.05, 4.69) is 29.9 Å². The summed E-state index contributed by atoms with van der Waals surface area (Å²) in [5.74, 6) is -0.663. The van der Waals surface area contributed by atoms with Crippen LogP contribution in [-0.4, -0.2) is 98.8 Å². The number of anilines is 2. The van der Waals surface area contributed by atoms with Crippen LogP contribution in [0.2, 0.25) is 0 Å². The molecule has 0 bridgehead atoms. The maximum absolute atomic E-state index is 15.9. The smallest absolute Gasteiger partial charge is 0.369 e. The zero-order valence-electron chi connectivity index (χ0n) is 22.7. The van der Waals surface area contributed by atoms with Crippen molar-refractivity contribution in [3.63, 3.8) is 0 Å². The Hall–Kier alpha value is -3.70. The highest BCUT2D eigenvalue weighted by Gasteiger charge is 2.55. The molecular formula is C20H22F2N10O12P2. The van der Waals surface area contributed by atoms with Crippen molar-refractivity contribution >= 4 is 49.9 Å². The summed E-state index contributed by atoms with van der Waals surface area (Å²) in [7, 11) is -10.4. The molecule has 3 saturated heterocycles. The minimum atomic E-state index is -5.22.